The molecule has 1 aromatic rings. The summed E-state index contributed by atoms with van der Waals surface area (Å²) in [6.45, 7) is 7.81. The van der Waals surface area contributed by atoms with E-state index in [1.165, 1.54) is 41.4 Å². The zero-order valence-corrected chi connectivity index (χ0v) is 12.8. The molecule has 1 aliphatic carbocycles. The molecule has 0 bridgehead atoms. The minimum atomic E-state index is 0.467. The van der Waals surface area contributed by atoms with Crippen molar-refractivity contribution in [2.45, 2.75) is 58.5 Å². The van der Waals surface area contributed by atoms with E-state index in [9.17, 15) is 0 Å². The summed E-state index contributed by atoms with van der Waals surface area (Å²) in [5, 5.41) is 4.62. The third-order valence-electron chi connectivity index (χ3n) is 4.00. The SMILES string of the molecule is CCC(C)N(CC)c1nc2c(s1)CCCC2NC. The van der Waals surface area contributed by atoms with Crippen LogP contribution in [0.2, 0.25) is 0 Å². The van der Waals surface area contributed by atoms with Crippen LogP contribution in [-0.2, 0) is 6.42 Å². The standard InChI is InChI=1S/C14H25N3S/c1-5-10(3)17(6-2)14-16-13-11(15-4)8-7-9-12(13)18-14/h10-11,15H,5-9H2,1-4H3. The number of nitrogens with zero attached hydrogens (tertiary/aromatic N) is 2. The van der Waals surface area contributed by atoms with Crippen molar-refractivity contribution in [3.8, 4) is 0 Å². The quantitative estimate of drug-likeness (QED) is 0.886. The van der Waals surface area contributed by atoms with Gasteiger partial charge in [-0.2, -0.15) is 0 Å². The number of nitrogens with one attached hydrogen (secondary N) is 1. The maximum absolute atomic E-state index is 4.93. The van der Waals surface area contributed by atoms with E-state index >= 15 is 0 Å². The van der Waals surface area contributed by atoms with Crippen molar-refractivity contribution in [3.05, 3.63) is 10.6 Å². The fourth-order valence-electron chi connectivity index (χ4n) is 2.67. The summed E-state index contributed by atoms with van der Waals surface area (Å²) in [6, 6.07) is 1.05. The number of aryl methyl sites for hydroxylation is 1. The largest absolute Gasteiger partial charge is 0.346 e. The number of aromatic nitrogens is 1. The van der Waals surface area contributed by atoms with Gasteiger partial charge in [-0.05, 0) is 46.6 Å². The predicted molar refractivity (Wildman–Crippen MR) is 79.6 cm³/mol. The van der Waals surface area contributed by atoms with E-state index in [1.54, 1.807) is 0 Å². The monoisotopic (exact) mass is 267 g/mol. The summed E-state index contributed by atoms with van der Waals surface area (Å²) in [4.78, 5) is 8.86. The Hall–Kier alpha value is -0.610. The molecule has 0 saturated heterocycles. The van der Waals surface area contributed by atoms with Gasteiger partial charge in [0.1, 0.15) is 0 Å². The van der Waals surface area contributed by atoms with Gasteiger partial charge < -0.3 is 10.2 Å². The Morgan fingerprint density at radius 3 is 2.89 bits per heavy atom. The molecular weight excluding hydrogens is 242 g/mol. The second-order valence-electron chi connectivity index (χ2n) is 5.08. The average molecular weight is 267 g/mol. The van der Waals surface area contributed by atoms with Gasteiger partial charge in [0, 0.05) is 17.5 Å². The Morgan fingerprint density at radius 2 is 2.28 bits per heavy atom. The second kappa shape index (κ2) is 6.02. The van der Waals surface area contributed by atoms with E-state index in [0.29, 0.717) is 12.1 Å². The first kappa shape index (κ1) is 13.8. The third-order valence-corrected chi connectivity index (χ3v) is 5.17. The van der Waals surface area contributed by atoms with Gasteiger partial charge in [0.05, 0.1) is 11.7 Å². The van der Waals surface area contributed by atoms with Gasteiger partial charge in [0.25, 0.3) is 0 Å². The van der Waals surface area contributed by atoms with E-state index < -0.39 is 0 Å². The summed E-state index contributed by atoms with van der Waals surface area (Å²) >= 11 is 1.91. The Morgan fingerprint density at radius 1 is 1.50 bits per heavy atom. The predicted octanol–water partition coefficient (Wildman–Crippen LogP) is 3.36. The number of thiazole rings is 1. The smallest absolute Gasteiger partial charge is 0.186 e. The number of hydrogen-bond acceptors (Lipinski definition) is 4. The van der Waals surface area contributed by atoms with Gasteiger partial charge in [0.2, 0.25) is 0 Å². The van der Waals surface area contributed by atoms with Gasteiger partial charge in [-0.25, -0.2) is 4.98 Å². The van der Waals surface area contributed by atoms with E-state index in [4.69, 9.17) is 4.98 Å². The normalized spacial score (nSPS) is 20.6. The van der Waals surface area contributed by atoms with Crippen LogP contribution in [0.5, 0.6) is 0 Å². The lowest BCUT2D eigenvalue weighted by atomic mass is 9.98. The summed E-state index contributed by atoms with van der Waals surface area (Å²) in [6.07, 6.45) is 4.90. The summed E-state index contributed by atoms with van der Waals surface area (Å²) < 4.78 is 0. The van der Waals surface area contributed by atoms with Crippen LogP contribution in [0.15, 0.2) is 0 Å². The van der Waals surface area contributed by atoms with Gasteiger partial charge in [-0.3, -0.25) is 0 Å². The van der Waals surface area contributed by atoms with E-state index in [2.05, 4.69) is 31.0 Å². The lowest BCUT2D eigenvalue weighted by Gasteiger charge is -2.26. The maximum atomic E-state index is 4.93. The molecule has 0 radical (unpaired) electrons. The lowest BCUT2D eigenvalue weighted by molar-refractivity contribution is 0.489. The van der Waals surface area contributed by atoms with Crippen molar-refractivity contribution in [2.75, 3.05) is 18.5 Å². The minimum Gasteiger partial charge on any atom is -0.346 e. The molecule has 0 saturated carbocycles. The van der Waals surface area contributed by atoms with Crippen LogP contribution < -0.4 is 10.2 Å². The molecule has 0 fully saturated rings. The molecule has 4 heteroatoms. The van der Waals surface area contributed by atoms with Crippen molar-refractivity contribution in [2.24, 2.45) is 0 Å². The molecule has 1 N–H and O–H groups in total. The molecule has 2 rings (SSSR count). The fraction of sp³-hybridized carbons (Fsp3) is 0.786. The van der Waals surface area contributed by atoms with E-state index in [-0.39, 0.29) is 0 Å². The number of rotatable bonds is 5. The highest BCUT2D eigenvalue weighted by Crippen LogP contribution is 2.37. The molecule has 0 amide bonds. The first-order valence-electron chi connectivity index (χ1n) is 7.14. The van der Waals surface area contributed by atoms with Crippen LogP contribution in [0.25, 0.3) is 0 Å². The Kier molecular flexibility index (Phi) is 4.62. The van der Waals surface area contributed by atoms with Crippen molar-refractivity contribution in [3.63, 3.8) is 0 Å². The molecule has 0 aromatic carbocycles. The van der Waals surface area contributed by atoms with E-state index in [0.717, 1.165) is 6.54 Å². The molecule has 1 aromatic heterocycles. The van der Waals surface area contributed by atoms with Gasteiger partial charge in [-0.15, -0.1) is 11.3 Å². The first-order valence-corrected chi connectivity index (χ1v) is 7.96. The molecular formula is C14H25N3S. The van der Waals surface area contributed by atoms with E-state index in [1.807, 2.05) is 18.4 Å². The lowest BCUT2D eigenvalue weighted by Crippen LogP contribution is -2.32. The number of hydrogen-bond donors (Lipinski definition) is 1. The molecule has 0 spiro atoms. The van der Waals surface area contributed by atoms with Crippen molar-refractivity contribution in [1.29, 1.82) is 0 Å². The Balaban J connectivity index is 2.27. The van der Waals surface area contributed by atoms with Crippen LogP contribution >= 0.6 is 11.3 Å². The van der Waals surface area contributed by atoms with Crippen LogP contribution in [0, 0.1) is 0 Å². The molecule has 18 heavy (non-hydrogen) atoms. The zero-order chi connectivity index (χ0) is 13.1. The molecule has 2 unspecified atom stereocenters. The highest BCUT2D eigenvalue weighted by atomic mass is 32.1. The Bertz CT molecular complexity index is 388. The molecule has 2 atom stereocenters. The van der Waals surface area contributed by atoms with Crippen molar-refractivity contribution < 1.29 is 0 Å². The topological polar surface area (TPSA) is 28.2 Å². The summed E-state index contributed by atoms with van der Waals surface area (Å²) in [5.41, 5.74) is 1.31. The van der Waals surface area contributed by atoms with Crippen LogP contribution in [-0.4, -0.2) is 24.6 Å². The molecule has 0 aliphatic heterocycles. The van der Waals surface area contributed by atoms with Crippen molar-refractivity contribution >= 4 is 16.5 Å². The highest BCUT2D eigenvalue weighted by molar-refractivity contribution is 7.15. The zero-order valence-electron chi connectivity index (χ0n) is 12.0. The summed E-state index contributed by atoms with van der Waals surface area (Å²) in [7, 11) is 2.05. The highest BCUT2D eigenvalue weighted by Gasteiger charge is 2.25. The minimum absolute atomic E-state index is 0.467. The first-order chi connectivity index (χ1) is 8.71. The number of anilines is 1. The second-order valence-corrected chi connectivity index (χ2v) is 6.14. The number of fused-ring (bicyclic) bond motifs is 1. The Labute approximate surface area is 115 Å². The van der Waals surface area contributed by atoms with Gasteiger partial charge >= 0.3 is 0 Å². The third kappa shape index (κ3) is 2.54. The van der Waals surface area contributed by atoms with Gasteiger partial charge in [-0.1, -0.05) is 6.92 Å². The molecule has 1 heterocycles. The fourth-order valence-corrected chi connectivity index (χ4v) is 3.99. The van der Waals surface area contributed by atoms with Gasteiger partial charge in [0.15, 0.2) is 5.13 Å². The molecule has 102 valence electrons. The molecule has 1 aliphatic rings. The maximum Gasteiger partial charge on any atom is 0.186 e. The molecule has 3 nitrogen and oxygen atoms in total. The summed E-state index contributed by atoms with van der Waals surface area (Å²) in [5.74, 6) is 0. The van der Waals surface area contributed by atoms with Crippen molar-refractivity contribution in [1.82, 2.24) is 10.3 Å². The average Bonchev–Trinajstić information content (AvgIpc) is 2.82. The van der Waals surface area contributed by atoms with Crippen LogP contribution in [0.1, 0.15) is 56.6 Å². The van der Waals surface area contributed by atoms with Crippen LogP contribution in [0.4, 0.5) is 5.13 Å². The van der Waals surface area contributed by atoms with Crippen LogP contribution in [0.3, 0.4) is 0 Å².